The molecule has 1 nitrogen and oxygen atoms in total. The fourth-order valence-electron chi connectivity index (χ4n) is 3.28. The molecule has 1 N–H and O–H groups in total. The molecule has 2 fully saturated rings. The highest BCUT2D eigenvalue weighted by Gasteiger charge is 2.34. The first-order chi connectivity index (χ1) is 7.81. The standard InChI is InChI=1S/C14H18BrN/c15-12-3-1-2-10(9-12)8-11-4-5-13-6-7-14(11)16-13/h1-3,9,11,13-14,16H,4-8H2. The molecule has 0 amide bonds. The topological polar surface area (TPSA) is 12.0 Å². The van der Waals surface area contributed by atoms with Gasteiger partial charge in [-0.15, -0.1) is 0 Å². The summed E-state index contributed by atoms with van der Waals surface area (Å²) < 4.78 is 1.21. The molecule has 16 heavy (non-hydrogen) atoms. The van der Waals surface area contributed by atoms with Crippen LogP contribution < -0.4 is 5.32 Å². The Morgan fingerprint density at radius 1 is 1.19 bits per heavy atom. The second-order valence-electron chi connectivity index (χ2n) is 5.22. The highest BCUT2D eigenvalue weighted by atomic mass is 79.9. The number of fused-ring (bicyclic) bond motifs is 2. The van der Waals surface area contributed by atoms with Crippen molar-refractivity contribution in [2.75, 3.05) is 0 Å². The lowest BCUT2D eigenvalue weighted by Crippen LogP contribution is -2.41. The Balaban J connectivity index is 1.70. The van der Waals surface area contributed by atoms with Gasteiger partial charge < -0.3 is 5.32 Å². The van der Waals surface area contributed by atoms with E-state index in [1.165, 1.54) is 42.1 Å². The highest BCUT2D eigenvalue weighted by molar-refractivity contribution is 9.10. The Morgan fingerprint density at radius 2 is 2.06 bits per heavy atom. The third-order valence-corrected chi connectivity index (χ3v) is 4.61. The lowest BCUT2D eigenvalue weighted by atomic mass is 9.86. The van der Waals surface area contributed by atoms with Gasteiger partial charge in [-0.1, -0.05) is 28.1 Å². The van der Waals surface area contributed by atoms with Gasteiger partial charge in [0.05, 0.1) is 0 Å². The Kier molecular flexibility index (Phi) is 3.03. The van der Waals surface area contributed by atoms with E-state index in [0.717, 1.165) is 18.0 Å². The van der Waals surface area contributed by atoms with Gasteiger partial charge in [-0.25, -0.2) is 0 Å². The maximum Gasteiger partial charge on any atom is 0.0177 e. The van der Waals surface area contributed by atoms with E-state index in [1.807, 2.05) is 0 Å². The summed E-state index contributed by atoms with van der Waals surface area (Å²) in [6.07, 6.45) is 6.83. The number of hydrogen-bond donors (Lipinski definition) is 1. The van der Waals surface area contributed by atoms with Crippen LogP contribution in [0.25, 0.3) is 0 Å². The molecule has 0 radical (unpaired) electrons. The summed E-state index contributed by atoms with van der Waals surface area (Å²) in [6.45, 7) is 0. The van der Waals surface area contributed by atoms with Crippen molar-refractivity contribution in [1.82, 2.24) is 5.32 Å². The molecule has 86 valence electrons. The number of piperidine rings is 1. The van der Waals surface area contributed by atoms with E-state index in [1.54, 1.807) is 0 Å². The Bertz CT molecular complexity index is 377. The molecule has 2 bridgehead atoms. The van der Waals surface area contributed by atoms with E-state index in [-0.39, 0.29) is 0 Å². The summed E-state index contributed by atoms with van der Waals surface area (Å²) in [6, 6.07) is 10.4. The van der Waals surface area contributed by atoms with Gasteiger partial charge in [0.15, 0.2) is 0 Å². The van der Waals surface area contributed by atoms with Crippen molar-refractivity contribution in [3.8, 4) is 0 Å². The molecular formula is C14H18BrN. The van der Waals surface area contributed by atoms with E-state index in [0.29, 0.717) is 0 Å². The quantitative estimate of drug-likeness (QED) is 0.874. The molecule has 3 unspecified atom stereocenters. The molecule has 2 aliphatic heterocycles. The Morgan fingerprint density at radius 3 is 2.94 bits per heavy atom. The van der Waals surface area contributed by atoms with Crippen LogP contribution in [-0.2, 0) is 6.42 Å². The van der Waals surface area contributed by atoms with Crippen molar-refractivity contribution >= 4 is 15.9 Å². The molecule has 0 aromatic heterocycles. The second kappa shape index (κ2) is 4.50. The van der Waals surface area contributed by atoms with Crippen LogP contribution in [0.4, 0.5) is 0 Å². The zero-order valence-corrected chi connectivity index (χ0v) is 11.0. The van der Waals surface area contributed by atoms with Crippen molar-refractivity contribution < 1.29 is 0 Å². The highest BCUT2D eigenvalue weighted by Crippen LogP contribution is 2.33. The van der Waals surface area contributed by atoms with Crippen LogP contribution >= 0.6 is 15.9 Å². The zero-order chi connectivity index (χ0) is 11.0. The number of nitrogens with one attached hydrogen (secondary N) is 1. The molecule has 3 rings (SSSR count). The van der Waals surface area contributed by atoms with Crippen molar-refractivity contribution in [1.29, 1.82) is 0 Å². The minimum Gasteiger partial charge on any atom is -0.311 e. The van der Waals surface area contributed by atoms with Crippen LogP contribution in [0.1, 0.15) is 31.2 Å². The summed E-state index contributed by atoms with van der Waals surface area (Å²) in [5.41, 5.74) is 1.48. The molecule has 2 heteroatoms. The van der Waals surface area contributed by atoms with Gasteiger partial charge >= 0.3 is 0 Å². The summed E-state index contributed by atoms with van der Waals surface area (Å²) in [5.74, 6) is 0.855. The van der Waals surface area contributed by atoms with Crippen LogP contribution in [0.15, 0.2) is 28.7 Å². The largest absolute Gasteiger partial charge is 0.311 e. The van der Waals surface area contributed by atoms with Crippen molar-refractivity contribution in [3.63, 3.8) is 0 Å². The lowest BCUT2D eigenvalue weighted by molar-refractivity contribution is 0.289. The number of halogens is 1. The van der Waals surface area contributed by atoms with Crippen LogP contribution in [0.2, 0.25) is 0 Å². The van der Waals surface area contributed by atoms with Gasteiger partial charge in [0.1, 0.15) is 0 Å². The fraction of sp³-hybridized carbons (Fsp3) is 0.571. The maximum absolute atomic E-state index is 3.76. The average Bonchev–Trinajstić information content (AvgIpc) is 2.66. The van der Waals surface area contributed by atoms with Gasteiger partial charge in [-0.05, 0) is 55.7 Å². The molecule has 1 aromatic rings. The predicted molar refractivity (Wildman–Crippen MR) is 70.5 cm³/mol. The minimum atomic E-state index is 0.790. The summed E-state index contributed by atoms with van der Waals surface area (Å²) in [7, 11) is 0. The van der Waals surface area contributed by atoms with Gasteiger partial charge in [-0.2, -0.15) is 0 Å². The first-order valence-electron chi connectivity index (χ1n) is 6.32. The van der Waals surface area contributed by atoms with Gasteiger partial charge in [0.25, 0.3) is 0 Å². The normalized spacial score (nSPS) is 32.9. The molecule has 1 aromatic carbocycles. The molecular weight excluding hydrogens is 262 g/mol. The molecule has 3 atom stereocenters. The summed E-state index contributed by atoms with van der Waals surface area (Å²) in [5, 5.41) is 3.76. The SMILES string of the molecule is Brc1cccc(CC2CCC3CCC2N3)c1. The van der Waals surface area contributed by atoms with Gasteiger partial charge in [0, 0.05) is 16.6 Å². The van der Waals surface area contributed by atoms with Gasteiger partial charge in [0.2, 0.25) is 0 Å². The summed E-state index contributed by atoms with van der Waals surface area (Å²) in [4.78, 5) is 0. The number of benzene rings is 1. The van der Waals surface area contributed by atoms with Crippen molar-refractivity contribution in [2.45, 2.75) is 44.2 Å². The van der Waals surface area contributed by atoms with E-state index in [9.17, 15) is 0 Å². The average molecular weight is 280 g/mol. The first kappa shape index (κ1) is 10.8. The first-order valence-corrected chi connectivity index (χ1v) is 7.11. The van der Waals surface area contributed by atoms with E-state index < -0.39 is 0 Å². The molecule has 0 saturated carbocycles. The summed E-state index contributed by atoms with van der Waals surface area (Å²) >= 11 is 3.55. The van der Waals surface area contributed by atoms with Crippen LogP contribution in [0.5, 0.6) is 0 Å². The van der Waals surface area contributed by atoms with Crippen molar-refractivity contribution in [2.24, 2.45) is 5.92 Å². The molecule has 0 spiro atoms. The third kappa shape index (κ3) is 2.18. The molecule has 2 heterocycles. The third-order valence-electron chi connectivity index (χ3n) is 4.12. The Labute approximate surface area is 106 Å². The Hall–Kier alpha value is -0.340. The smallest absolute Gasteiger partial charge is 0.0177 e. The fourth-order valence-corrected chi connectivity index (χ4v) is 3.72. The number of rotatable bonds is 2. The number of hydrogen-bond acceptors (Lipinski definition) is 1. The van der Waals surface area contributed by atoms with E-state index in [2.05, 4.69) is 45.5 Å². The van der Waals surface area contributed by atoms with Crippen LogP contribution in [0, 0.1) is 5.92 Å². The zero-order valence-electron chi connectivity index (χ0n) is 9.45. The van der Waals surface area contributed by atoms with Crippen molar-refractivity contribution in [3.05, 3.63) is 34.3 Å². The predicted octanol–water partition coefficient (Wildman–Crippen LogP) is 3.52. The lowest BCUT2D eigenvalue weighted by Gasteiger charge is -2.30. The maximum atomic E-state index is 3.76. The van der Waals surface area contributed by atoms with Crippen LogP contribution in [0.3, 0.4) is 0 Å². The van der Waals surface area contributed by atoms with E-state index in [4.69, 9.17) is 0 Å². The van der Waals surface area contributed by atoms with E-state index >= 15 is 0 Å². The molecule has 2 aliphatic rings. The van der Waals surface area contributed by atoms with Crippen LogP contribution in [-0.4, -0.2) is 12.1 Å². The van der Waals surface area contributed by atoms with Gasteiger partial charge in [-0.3, -0.25) is 0 Å². The second-order valence-corrected chi connectivity index (χ2v) is 6.13. The molecule has 0 aliphatic carbocycles. The monoisotopic (exact) mass is 279 g/mol. The minimum absolute atomic E-state index is 0.790. The molecule has 2 saturated heterocycles.